The fourth-order valence-electron chi connectivity index (χ4n) is 4.14. The van der Waals surface area contributed by atoms with Gasteiger partial charge in [0.15, 0.2) is 0 Å². The number of amides is 1. The van der Waals surface area contributed by atoms with Gasteiger partial charge in [0.05, 0.1) is 6.04 Å². The first-order valence-electron chi connectivity index (χ1n) is 8.70. The minimum atomic E-state index is 0.213. The summed E-state index contributed by atoms with van der Waals surface area (Å²) < 4.78 is 1.78. The summed E-state index contributed by atoms with van der Waals surface area (Å²) in [6.07, 6.45) is 4.59. The van der Waals surface area contributed by atoms with Crippen LogP contribution >= 0.6 is 0 Å². The smallest absolute Gasteiger partial charge is 0.223 e. The Labute approximate surface area is 141 Å². The van der Waals surface area contributed by atoms with Gasteiger partial charge in [0.2, 0.25) is 5.91 Å². The number of benzene rings is 1. The van der Waals surface area contributed by atoms with Crippen molar-refractivity contribution in [3.05, 3.63) is 48.5 Å². The third-order valence-electron chi connectivity index (χ3n) is 5.27. The quantitative estimate of drug-likeness (QED) is 0.904. The van der Waals surface area contributed by atoms with E-state index in [1.807, 2.05) is 6.07 Å². The number of hydrogen-bond acceptors (Lipinski definition) is 4. The summed E-state index contributed by atoms with van der Waals surface area (Å²) in [7, 11) is 0. The molecular formula is C18H23N5O. The van der Waals surface area contributed by atoms with Crippen LogP contribution in [0, 0.1) is 11.8 Å². The average molecular weight is 325 g/mol. The molecule has 1 N–H and O–H groups in total. The number of aromatic nitrogens is 3. The lowest BCUT2D eigenvalue weighted by atomic mass is 9.89. The predicted octanol–water partition coefficient (Wildman–Crippen LogP) is 1.48. The Morgan fingerprint density at radius 3 is 2.92 bits per heavy atom. The van der Waals surface area contributed by atoms with Crippen molar-refractivity contribution in [2.75, 3.05) is 19.6 Å². The summed E-state index contributed by atoms with van der Waals surface area (Å²) in [5, 5.41) is 7.58. The maximum absolute atomic E-state index is 12.8. The van der Waals surface area contributed by atoms with Gasteiger partial charge >= 0.3 is 0 Å². The lowest BCUT2D eigenvalue weighted by Crippen LogP contribution is -2.34. The van der Waals surface area contributed by atoms with Gasteiger partial charge in [-0.05, 0) is 17.9 Å². The minimum Gasteiger partial charge on any atom is -0.335 e. The van der Waals surface area contributed by atoms with Gasteiger partial charge in [-0.2, -0.15) is 5.10 Å². The number of aryl methyl sites for hydroxylation is 1. The largest absolute Gasteiger partial charge is 0.335 e. The molecule has 0 unspecified atom stereocenters. The molecule has 3 heterocycles. The third-order valence-corrected chi connectivity index (χ3v) is 5.27. The van der Waals surface area contributed by atoms with Gasteiger partial charge in [-0.25, -0.2) is 4.98 Å². The zero-order valence-corrected chi connectivity index (χ0v) is 13.7. The maximum Gasteiger partial charge on any atom is 0.223 e. The van der Waals surface area contributed by atoms with Crippen LogP contribution in [0.3, 0.4) is 0 Å². The minimum absolute atomic E-state index is 0.213. The van der Waals surface area contributed by atoms with Crippen LogP contribution in [0.1, 0.15) is 24.4 Å². The molecule has 1 aromatic carbocycles. The SMILES string of the molecule is O=C(CCCn1cncn1)N1C[C@@H]2CNC[C@@H]2[C@@H]1c1ccccc1. The molecule has 1 amide bonds. The van der Waals surface area contributed by atoms with Crippen LogP contribution in [0.15, 0.2) is 43.0 Å². The Bertz CT molecular complexity index is 672. The highest BCUT2D eigenvalue weighted by atomic mass is 16.2. The maximum atomic E-state index is 12.8. The van der Waals surface area contributed by atoms with Gasteiger partial charge in [0, 0.05) is 38.5 Å². The van der Waals surface area contributed by atoms with Crippen molar-refractivity contribution in [2.45, 2.75) is 25.4 Å². The number of nitrogens with one attached hydrogen (secondary N) is 1. The number of carbonyl (C=O) groups excluding carboxylic acids is 1. The Hall–Kier alpha value is -2.21. The lowest BCUT2D eigenvalue weighted by Gasteiger charge is -2.28. The van der Waals surface area contributed by atoms with Crippen LogP contribution < -0.4 is 5.32 Å². The van der Waals surface area contributed by atoms with Crippen molar-refractivity contribution >= 4 is 5.91 Å². The van der Waals surface area contributed by atoms with Gasteiger partial charge in [0.1, 0.15) is 12.7 Å². The fraction of sp³-hybridized carbons (Fsp3) is 0.500. The van der Waals surface area contributed by atoms with Crippen molar-refractivity contribution in [2.24, 2.45) is 11.8 Å². The predicted molar refractivity (Wildman–Crippen MR) is 90.0 cm³/mol. The van der Waals surface area contributed by atoms with E-state index in [9.17, 15) is 4.79 Å². The van der Waals surface area contributed by atoms with Gasteiger partial charge in [0.25, 0.3) is 0 Å². The molecule has 6 nitrogen and oxygen atoms in total. The first kappa shape index (κ1) is 15.3. The molecule has 4 rings (SSSR count). The summed E-state index contributed by atoms with van der Waals surface area (Å²) in [6.45, 7) is 3.65. The highest BCUT2D eigenvalue weighted by Crippen LogP contribution is 2.42. The van der Waals surface area contributed by atoms with Crippen molar-refractivity contribution in [3.8, 4) is 0 Å². The van der Waals surface area contributed by atoms with E-state index >= 15 is 0 Å². The van der Waals surface area contributed by atoms with Gasteiger partial charge in [-0.1, -0.05) is 30.3 Å². The van der Waals surface area contributed by atoms with Crippen molar-refractivity contribution < 1.29 is 4.79 Å². The molecule has 126 valence electrons. The molecule has 24 heavy (non-hydrogen) atoms. The molecule has 2 aliphatic rings. The molecule has 1 aromatic heterocycles. The summed E-state index contributed by atoms with van der Waals surface area (Å²) in [5.41, 5.74) is 1.26. The van der Waals surface area contributed by atoms with Crippen LogP contribution in [0.25, 0.3) is 0 Å². The molecule has 0 saturated carbocycles. The first-order chi connectivity index (χ1) is 11.8. The average Bonchev–Trinajstić information content (AvgIpc) is 3.32. The molecule has 6 heteroatoms. The molecule has 2 fully saturated rings. The highest BCUT2D eigenvalue weighted by molar-refractivity contribution is 5.77. The zero-order valence-electron chi connectivity index (χ0n) is 13.7. The van der Waals surface area contributed by atoms with Crippen LogP contribution in [0.2, 0.25) is 0 Å². The Morgan fingerprint density at radius 1 is 1.25 bits per heavy atom. The summed E-state index contributed by atoms with van der Waals surface area (Å²) in [4.78, 5) is 18.9. The van der Waals surface area contributed by atoms with Gasteiger partial charge in [-0.3, -0.25) is 9.48 Å². The zero-order chi connectivity index (χ0) is 16.4. The van der Waals surface area contributed by atoms with Gasteiger partial charge in [-0.15, -0.1) is 0 Å². The van der Waals surface area contributed by atoms with Crippen molar-refractivity contribution in [3.63, 3.8) is 0 Å². The van der Waals surface area contributed by atoms with Crippen molar-refractivity contribution in [1.29, 1.82) is 0 Å². The normalized spacial score (nSPS) is 25.8. The molecule has 3 atom stereocenters. The molecule has 0 spiro atoms. The molecule has 2 aromatic rings. The number of nitrogens with zero attached hydrogens (tertiary/aromatic N) is 4. The van der Waals surface area contributed by atoms with E-state index < -0.39 is 0 Å². The number of rotatable bonds is 5. The summed E-state index contributed by atoms with van der Waals surface area (Å²) in [5.74, 6) is 1.37. The standard InChI is InChI=1S/C18H23N5O/c24-17(7-4-8-22-13-20-12-21-22)23-11-15-9-19-10-16(15)18(23)14-5-2-1-3-6-14/h1-3,5-6,12-13,15-16,18-19H,4,7-11H2/t15-,16-,18-/m0/s1. The number of carbonyl (C=O) groups is 1. The van der Waals surface area contributed by atoms with E-state index in [1.54, 1.807) is 11.0 Å². The van der Waals surface area contributed by atoms with Crippen LogP contribution in [0.4, 0.5) is 0 Å². The highest BCUT2D eigenvalue weighted by Gasteiger charge is 2.46. The van der Waals surface area contributed by atoms with Gasteiger partial charge < -0.3 is 10.2 Å². The first-order valence-corrected chi connectivity index (χ1v) is 8.70. The van der Waals surface area contributed by atoms with E-state index in [0.29, 0.717) is 18.3 Å². The monoisotopic (exact) mass is 325 g/mol. The molecular weight excluding hydrogens is 302 g/mol. The number of fused-ring (bicyclic) bond motifs is 1. The number of likely N-dealkylation sites (tertiary alicyclic amines) is 1. The molecule has 0 aliphatic carbocycles. The molecule has 2 saturated heterocycles. The molecule has 2 aliphatic heterocycles. The van der Waals surface area contributed by atoms with E-state index in [-0.39, 0.29) is 11.9 Å². The van der Waals surface area contributed by atoms with E-state index in [2.05, 4.69) is 44.6 Å². The van der Waals surface area contributed by atoms with E-state index in [0.717, 1.165) is 32.6 Å². The van der Waals surface area contributed by atoms with Crippen LogP contribution in [0.5, 0.6) is 0 Å². The second kappa shape index (κ2) is 6.73. The van der Waals surface area contributed by atoms with E-state index in [4.69, 9.17) is 0 Å². The number of hydrogen-bond donors (Lipinski definition) is 1. The molecule has 0 bridgehead atoms. The van der Waals surface area contributed by atoms with Crippen LogP contribution in [-0.4, -0.2) is 45.2 Å². The van der Waals surface area contributed by atoms with Crippen molar-refractivity contribution in [1.82, 2.24) is 25.0 Å². The second-order valence-electron chi connectivity index (χ2n) is 6.75. The fourth-order valence-corrected chi connectivity index (χ4v) is 4.14. The second-order valence-corrected chi connectivity index (χ2v) is 6.75. The summed E-state index contributed by atoms with van der Waals surface area (Å²) >= 11 is 0. The molecule has 0 radical (unpaired) electrons. The van der Waals surface area contributed by atoms with Crippen LogP contribution in [-0.2, 0) is 11.3 Å². The lowest BCUT2D eigenvalue weighted by molar-refractivity contribution is -0.132. The Kier molecular flexibility index (Phi) is 4.30. The van der Waals surface area contributed by atoms with E-state index in [1.165, 1.54) is 11.9 Å². The summed E-state index contributed by atoms with van der Waals surface area (Å²) in [6, 6.07) is 10.7. The topological polar surface area (TPSA) is 63.1 Å². The Morgan fingerprint density at radius 2 is 2.12 bits per heavy atom. The Balaban J connectivity index is 1.45. The third kappa shape index (κ3) is 2.94.